The highest BCUT2D eigenvalue weighted by Crippen LogP contribution is 2.29. The van der Waals surface area contributed by atoms with E-state index in [0.717, 1.165) is 25.7 Å². The summed E-state index contributed by atoms with van der Waals surface area (Å²) in [5.74, 6) is -0.213. The lowest BCUT2D eigenvalue weighted by molar-refractivity contribution is -0.137. The number of nitrogens with one attached hydrogen (secondary N) is 1. The summed E-state index contributed by atoms with van der Waals surface area (Å²) in [6, 6.07) is -0.571. The second-order valence-electron chi connectivity index (χ2n) is 8.25. The smallest absolute Gasteiger partial charge is 0.355 e. The minimum absolute atomic E-state index is 0.0255. The lowest BCUT2D eigenvalue weighted by Gasteiger charge is -2.32. The molecule has 1 fully saturated rings. The molecule has 1 N–H and O–H groups in total. The zero-order chi connectivity index (χ0) is 21.0. The predicted molar refractivity (Wildman–Crippen MR) is 109 cm³/mol. The first-order valence-corrected chi connectivity index (χ1v) is 10.4. The number of carbonyl (C=O) groups excluding carboxylic acids is 3. The van der Waals surface area contributed by atoms with Crippen LogP contribution in [0.2, 0.25) is 0 Å². The van der Waals surface area contributed by atoms with Gasteiger partial charge in [-0.15, -0.1) is 0 Å². The van der Waals surface area contributed by atoms with E-state index < -0.39 is 12.0 Å². The van der Waals surface area contributed by atoms with Crippen molar-refractivity contribution in [3.63, 3.8) is 0 Å². The fraction of sp³-hybridized carbons (Fsp3) is 0.682. The van der Waals surface area contributed by atoms with E-state index in [1.54, 1.807) is 32.6 Å². The quantitative estimate of drug-likeness (QED) is 0.536. The van der Waals surface area contributed by atoms with Gasteiger partial charge in [0, 0.05) is 23.7 Å². The number of H-pyrrole nitrogens is 1. The normalized spacial score (nSPS) is 15.7. The zero-order valence-electron chi connectivity index (χ0n) is 18.1. The van der Waals surface area contributed by atoms with Gasteiger partial charge in [0.25, 0.3) is 0 Å². The van der Waals surface area contributed by atoms with Crippen LogP contribution in [0.1, 0.15) is 85.5 Å². The van der Waals surface area contributed by atoms with E-state index in [-0.39, 0.29) is 30.1 Å². The van der Waals surface area contributed by atoms with Gasteiger partial charge in [0.05, 0.1) is 12.6 Å². The van der Waals surface area contributed by atoms with Crippen LogP contribution in [0.5, 0.6) is 0 Å². The van der Waals surface area contributed by atoms with E-state index in [9.17, 15) is 14.4 Å². The Hall–Kier alpha value is -2.11. The van der Waals surface area contributed by atoms with E-state index in [4.69, 9.17) is 4.74 Å². The highest BCUT2D eigenvalue weighted by atomic mass is 16.5. The molecule has 0 bridgehead atoms. The number of rotatable bonds is 8. The van der Waals surface area contributed by atoms with Gasteiger partial charge in [0.15, 0.2) is 5.78 Å². The second-order valence-corrected chi connectivity index (χ2v) is 8.25. The van der Waals surface area contributed by atoms with Crippen LogP contribution in [0.25, 0.3) is 0 Å². The summed E-state index contributed by atoms with van der Waals surface area (Å²) in [5.41, 5.74) is 2.02. The summed E-state index contributed by atoms with van der Waals surface area (Å²) in [7, 11) is 0. The Morgan fingerprint density at radius 2 is 1.75 bits per heavy atom. The van der Waals surface area contributed by atoms with E-state index in [1.165, 1.54) is 0 Å². The maximum atomic E-state index is 13.4. The summed E-state index contributed by atoms with van der Waals surface area (Å²) in [6.45, 7) is 12.0. The number of ketones is 1. The Morgan fingerprint density at radius 1 is 1.14 bits per heavy atom. The van der Waals surface area contributed by atoms with Gasteiger partial charge in [-0.05, 0) is 52.0 Å². The van der Waals surface area contributed by atoms with Crippen molar-refractivity contribution in [3.8, 4) is 0 Å². The number of hydrogen-bond acceptors (Lipinski definition) is 4. The van der Waals surface area contributed by atoms with Gasteiger partial charge >= 0.3 is 5.97 Å². The first kappa shape index (κ1) is 22.2. The Labute approximate surface area is 168 Å². The van der Waals surface area contributed by atoms with Crippen LogP contribution in [-0.4, -0.2) is 46.7 Å². The molecular formula is C22H34N2O4. The number of esters is 1. The van der Waals surface area contributed by atoms with Gasteiger partial charge in [-0.2, -0.15) is 0 Å². The highest BCUT2D eigenvalue weighted by Gasteiger charge is 2.35. The molecule has 2 rings (SSSR count). The molecule has 0 radical (unpaired) electrons. The van der Waals surface area contributed by atoms with Crippen molar-refractivity contribution in [3.05, 3.63) is 22.5 Å². The molecule has 0 saturated heterocycles. The first-order chi connectivity index (χ1) is 13.2. The number of amides is 1. The van der Waals surface area contributed by atoms with Crippen molar-refractivity contribution in [2.45, 2.75) is 73.3 Å². The molecular weight excluding hydrogens is 356 g/mol. The molecule has 1 saturated carbocycles. The number of ether oxygens (including phenoxy) is 1. The lowest BCUT2D eigenvalue weighted by Crippen LogP contribution is -2.47. The Morgan fingerprint density at radius 3 is 2.29 bits per heavy atom. The SMILES string of the molecule is CCOC(=O)c1[nH]c(C)c(C(=O)[C@H](C)N(CC(C)C)C(=O)C2CCCC2)c1C. The average molecular weight is 391 g/mol. The van der Waals surface area contributed by atoms with Crippen LogP contribution >= 0.6 is 0 Å². The molecule has 1 aromatic rings. The molecule has 0 aliphatic heterocycles. The number of hydrogen-bond donors (Lipinski definition) is 1. The molecule has 0 spiro atoms. The number of nitrogens with zero attached hydrogens (tertiary/aromatic N) is 1. The summed E-state index contributed by atoms with van der Waals surface area (Å²) in [6.07, 6.45) is 3.97. The molecule has 1 aromatic heterocycles. The fourth-order valence-electron chi connectivity index (χ4n) is 4.12. The summed E-state index contributed by atoms with van der Waals surface area (Å²) < 4.78 is 5.08. The molecule has 6 nitrogen and oxygen atoms in total. The topological polar surface area (TPSA) is 79.5 Å². The van der Waals surface area contributed by atoms with Gasteiger partial charge in [0.2, 0.25) is 5.91 Å². The molecule has 1 atom stereocenters. The molecule has 1 amide bonds. The van der Waals surface area contributed by atoms with E-state index >= 15 is 0 Å². The third-order valence-corrected chi connectivity index (χ3v) is 5.56. The first-order valence-electron chi connectivity index (χ1n) is 10.4. The molecule has 1 aliphatic rings. The highest BCUT2D eigenvalue weighted by molar-refractivity contribution is 6.06. The summed E-state index contributed by atoms with van der Waals surface area (Å²) in [4.78, 5) is 43.4. The molecule has 28 heavy (non-hydrogen) atoms. The van der Waals surface area contributed by atoms with Gasteiger partial charge < -0.3 is 14.6 Å². The van der Waals surface area contributed by atoms with Crippen molar-refractivity contribution in [1.29, 1.82) is 0 Å². The summed E-state index contributed by atoms with van der Waals surface area (Å²) >= 11 is 0. The zero-order valence-corrected chi connectivity index (χ0v) is 18.1. The number of Topliss-reactive ketones (excluding diaryl/α,β-unsaturated/α-hetero) is 1. The molecule has 1 heterocycles. The molecule has 0 aromatic carbocycles. The maximum Gasteiger partial charge on any atom is 0.355 e. The van der Waals surface area contributed by atoms with Gasteiger partial charge in [-0.25, -0.2) is 4.79 Å². The number of carbonyl (C=O) groups is 3. The van der Waals surface area contributed by atoms with Crippen LogP contribution in [0, 0.1) is 25.7 Å². The minimum Gasteiger partial charge on any atom is -0.461 e. The third kappa shape index (κ3) is 4.65. The van der Waals surface area contributed by atoms with E-state index in [0.29, 0.717) is 29.1 Å². The molecule has 1 aliphatic carbocycles. The van der Waals surface area contributed by atoms with Gasteiger partial charge in [-0.1, -0.05) is 26.7 Å². The van der Waals surface area contributed by atoms with Crippen LogP contribution in [0.15, 0.2) is 0 Å². The standard InChI is InChI=1S/C22H34N2O4/c1-7-28-22(27)19-14(4)18(15(5)23-19)20(25)16(6)24(12-13(2)3)21(26)17-10-8-9-11-17/h13,16-17,23H,7-12H2,1-6H3/t16-/m0/s1. The predicted octanol–water partition coefficient (Wildman–Crippen LogP) is 4.05. The average Bonchev–Trinajstić information content (AvgIpc) is 3.26. The van der Waals surface area contributed by atoms with Crippen LogP contribution in [-0.2, 0) is 9.53 Å². The van der Waals surface area contributed by atoms with Crippen LogP contribution in [0.3, 0.4) is 0 Å². The van der Waals surface area contributed by atoms with Crippen molar-refractivity contribution in [1.82, 2.24) is 9.88 Å². The molecule has 156 valence electrons. The van der Waals surface area contributed by atoms with Crippen molar-refractivity contribution < 1.29 is 19.1 Å². The minimum atomic E-state index is -0.571. The van der Waals surface area contributed by atoms with Gasteiger partial charge in [0.1, 0.15) is 5.69 Å². The third-order valence-electron chi connectivity index (χ3n) is 5.56. The number of aryl methyl sites for hydroxylation is 1. The molecule has 0 unspecified atom stereocenters. The van der Waals surface area contributed by atoms with Crippen LogP contribution < -0.4 is 0 Å². The van der Waals surface area contributed by atoms with E-state index in [2.05, 4.69) is 18.8 Å². The monoisotopic (exact) mass is 390 g/mol. The number of aromatic amines is 1. The van der Waals surface area contributed by atoms with Crippen LogP contribution in [0.4, 0.5) is 0 Å². The van der Waals surface area contributed by atoms with Crippen molar-refractivity contribution in [2.24, 2.45) is 11.8 Å². The molecule has 6 heteroatoms. The van der Waals surface area contributed by atoms with Gasteiger partial charge in [-0.3, -0.25) is 9.59 Å². The Bertz CT molecular complexity index is 729. The Balaban J connectivity index is 2.31. The maximum absolute atomic E-state index is 13.4. The second kappa shape index (κ2) is 9.39. The van der Waals surface area contributed by atoms with Crippen molar-refractivity contribution in [2.75, 3.05) is 13.2 Å². The van der Waals surface area contributed by atoms with Crippen molar-refractivity contribution >= 4 is 17.7 Å². The summed E-state index contributed by atoms with van der Waals surface area (Å²) in [5, 5.41) is 0. The lowest BCUT2D eigenvalue weighted by atomic mass is 9.97. The van der Waals surface area contributed by atoms with E-state index in [1.807, 2.05) is 0 Å². The largest absolute Gasteiger partial charge is 0.461 e. The number of aromatic nitrogens is 1. The Kier molecular flexibility index (Phi) is 7.44. The fourth-order valence-corrected chi connectivity index (χ4v) is 4.12.